The van der Waals surface area contributed by atoms with Crippen LogP contribution in [0, 0.1) is 0 Å². The fraction of sp³-hybridized carbons (Fsp3) is 0.0769. The van der Waals surface area contributed by atoms with Crippen LogP contribution in [0.25, 0.3) is 0 Å². The molecule has 0 atom stereocenters. The third kappa shape index (κ3) is 3.45. The summed E-state index contributed by atoms with van der Waals surface area (Å²) in [5.41, 5.74) is 1.75. The summed E-state index contributed by atoms with van der Waals surface area (Å²) < 4.78 is 2.19. The largest absolute Gasteiger partial charge is 0.333 e. The van der Waals surface area contributed by atoms with Crippen LogP contribution in [0.15, 0.2) is 43.0 Å². The zero-order valence-corrected chi connectivity index (χ0v) is 12.3. The van der Waals surface area contributed by atoms with Crippen LogP contribution in [0.2, 0.25) is 4.47 Å². The number of hydrogen-bond acceptors (Lipinski definition) is 5. The third-order valence-electron chi connectivity index (χ3n) is 2.70. The Bertz CT molecular complexity index is 756. The summed E-state index contributed by atoms with van der Waals surface area (Å²) >= 11 is 6.71. The second-order valence-corrected chi connectivity index (χ2v) is 5.81. The molecule has 3 aromatic rings. The van der Waals surface area contributed by atoms with Gasteiger partial charge in [0.2, 0.25) is 9.47 Å². The zero-order valence-electron chi connectivity index (χ0n) is 10.7. The van der Waals surface area contributed by atoms with Crippen molar-refractivity contribution in [3.63, 3.8) is 0 Å². The lowest BCUT2D eigenvalue weighted by atomic mass is 10.2. The minimum Gasteiger partial charge on any atom is -0.333 e. The lowest BCUT2D eigenvalue weighted by Crippen LogP contribution is -2.11. The summed E-state index contributed by atoms with van der Waals surface area (Å²) in [5.74, 6) is -0.320. The quantitative estimate of drug-likeness (QED) is 0.802. The highest BCUT2D eigenvalue weighted by Gasteiger charge is 2.12. The molecule has 0 unspecified atom stereocenters. The van der Waals surface area contributed by atoms with Gasteiger partial charge in [0, 0.05) is 24.6 Å². The van der Waals surface area contributed by atoms with E-state index in [-0.39, 0.29) is 15.4 Å². The number of imidazole rings is 1. The normalized spacial score (nSPS) is 10.5. The van der Waals surface area contributed by atoms with E-state index in [2.05, 4.69) is 20.5 Å². The maximum Gasteiger partial charge on any atom is 0.286 e. The second kappa shape index (κ2) is 6.02. The Morgan fingerprint density at radius 1 is 1.38 bits per heavy atom. The predicted molar refractivity (Wildman–Crippen MR) is 80.6 cm³/mol. The minimum atomic E-state index is -0.320. The van der Waals surface area contributed by atoms with Gasteiger partial charge in [-0.05, 0) is 29.3 Å². The van der Waals surface area contributed by atoms with Gasteiger partial charge < -0.3 is 9.88 Å². The molecule has 2 aromatic heterocycles. The SMILES string of the molecule is O=C(Nc1cccc(Cn2ccnc2)c1)c1nnc(Cl)s1. The molecule has 106 valence electrons. The second-order valence-electron chi connectivity index (χ2n) is 4.25. The van der Waals surface area contributed by atoms with Gasteiger partial charge in [-0.2, -0.15) is 0 Å². The first-order valence-electron chi connectivity index (χ1n) is 6.06. The van der Waals surface area contributed by atoms with Gasteiger partial charge in [0.05, 0.1) is 6.33 Å². The van der Waals surface area contributed by atoms with Gasteiger partial charge in [0.15, 0.2) is 0 Å². The Balaban J connectivity index is 1.72. The van der Waals surface area contributed by atoms with E-state index >= 15 is 0 Å². The van der Waals surface area contributed by atoms with E-state index in [4.69, 9.17) is 11.6 Å². The lowest BCUT2D eigenvalue weighted by Gasteiger charge is -2.06. The summed E-state index contributed by atoms with van der Waals surface area (Å²) in [6.45, 7) is 0.689. The molecule has 1 amide bonds. The lowest BCUT2D eigenvalue weighted by molar-refractivity contribution is 0.102. The van der Waals surface area contributed by atoms with Crippen molar-refractivity contribution in [1.29, 1.82) is 0 Å². The van der Waals surface area contributed by atoms with Gasteiger partial charge in [-0.1, -0.05) is 23.5 Å². The van der Waals surface area contributed by atoms with Crippen molar-refractivity contribution in [2.75, 3.05) is 5.32 Å². The molecule has 21 heavy (non-hydrogen) atoms. The van der Waals surface area contributed by atoms with Crippen molar-refractivity contribution in [1.82, 2.24) is 19.7 Å². The number of halogens is 1. The fourth-order valence-corrected chi connectivity index (χ4v) is 2.54. The Hall–Kier alpha value is -2.25. The first kappa shape index (κ1) is 13.7. The van der Waals surface area contributed by atoms with E-state index in [0.29, 0.717) is 12.2 Å². The molecule has 0 aliphatic rings. The molecule has 0 fully saturated rings. The smallest absolute Gasteiger partial charge is 0.286 e. The zero-order chi connectivity index (χ0) is 14.7. The first-order chi connectivity index (χ1) is 10.2. The molecular formula is C13H10ClN5OS. The number of benzene rings is 1. The molecule has 0 spiro atoms. The van der Waals surface area contributed by atoms with E-state index in [9.17, 15) is 4.79 Å². The summed E-state index contributed by atoms with van der Waals surface area (Å²) in [6, 6.07) is 7.59. The van der Waals surface area contributed by atoms with Gasteiger partial charge in [0.25, 0.3) is 5.91 Å². The molecule has 0 saturated heterocycles. The molecular weight excluding hydrogens is 310 g/mol. The molecule has 8 heteroatoms. The van der Waals surface area contributed by atoms with Gasteiger partial charge >= 0.3 is 0 Å². The molecule has 0 aliphatic heterocycles. The summed E-state index contributed by atoms with van der Waals surface area (Å²) in [6.07, 6.45) is 5.35. The molecule has 0 bridgehead atoms. The number of rotatable bonds is 4. The van der Waals surface area contributed by atoms with Crippen LogP contribution >= 0.6 is 22.9 Å². The summed E-state index contributed by atoms with van der Waals surface area (Å²) in [4.78, 5) is 16.0. The van der Waals surface area contributed by atoms with Crippen LogP contribution in [0.1, 0.15) is 15.4 Å². The van der Waals surface area contributed by atoms with Gasteiger partial charge in [-0.3, -0.25) is 4.79 Å². The molecule has 0 saturated carbocycles. The van der Waals surface area contributed by atoms with Gasteiger partial charge in [-0.25, -0.2) is 4.98 Å². The number of amides is 1. The topological polar surface area (TPSA) is 72.7 Å². The number of nitrogens with zero attached hydrogens (tertiary/aromatic N) is 4. The molecule has 1 N–H and O–H groups in total. The number of carbonyl (C=O) groups is 1. The molecule has 0 aliphatic carbocycles. The fourth-order valence-electron chi connectivity index (χ4n) is 1.82. The number of anilines is 1. The molecule has 2 heterocycles. The number of nitrogens with one attached hydrogen (secondary N) is 1. The maximum atomic E-state index is 12.0. The van der Waals surface area contributed by atoms with Crippen LogP contribution < -0.4 is 5.32 Å². The van der Waals surface area contributed by atoms with Crippen molar-refractivity contribution in [3.8, 4) is 0 Å². The average molecular weight is 320 g/mol. The van der Waals surface area contributed by atoms with Crippen molar-refractivity contribution in [3.05, 3.63) is 58.0 Å². The van der Waals surface area contributed by atoms with Crippen LogP contribution in [-0.4, -0.2) is 25.7 Å². The minimum absolute atomic E-state index is 0.236. The number of carbonyl (C=O) groups excluding carboxylic acids is 1. The summed E-state index contributed by atoms with van der Waals surface area (Å²) in [5, 5.41) is 10.3. The molecule has 1 aromatic carbocycles. The Kier molecular flexibility index (Phi) is 3.94. The van der Waals surface area contributed by atoms with Crippen molar-refractivity contribution < 1.29 is 4.79 Å². The summed E-state index contributed by atoms with van der Waals surface area (Å²) in [7, 11) is 0. The predicted octanol–water partition coefficient (Wildman–Crippen LogP) is 2.69. The van der Waals surface area contributed by atoms with Gasteiger partial charge in [-0.15, -0.1) is 10.2 Å². The maximum absolute atomic E-state index is 12.0. The van der Waals surface area contributed by atoms with Crippen molar-refractivity contribution in [2.45, 2.75) is 6.54 Å². The highest BCUT2D eigenvalue weighted by Crippen LogP contribution is 2.17. The number of hydrogen-bond donors (Lipinski definition) is 1. The molecule has 6 nitrogen and oxygen atoms in total. The number of aromatic nitrogens is 4. The van der Waals surface area contributed by atoms with E-state index in [1.807, 2.05) is 35.0 Å². The van der Waals surface area contributed by atoms with E-state index in [1.165, 1.54) is 0 Å². The molecule has 0 radical (unpaired) electrons. The molecule has 3 rings (SSSR count). The first-order valence-corrected chi connectivity index (χ1v) is 7.25. The van der Waals surface area contributed by atoms with Crippen LogP contribution in [0.4, 0.5) is 5.69 Å². The standard InChI is InChI=1S/C13H10ClN5OS/c14-13-18-17-12(21-13)11(20)16-10-3-1-2-9(6-10)7-19-5-4-15-8-19/h1-6,8H,7H2,(H,16,20). The Labute approximate surface area is 129 Å². The van der Waals surface area contributed by atoms with E-state index in [1.54, 1.807) is 12.5 Å². The van der Waals surface area contributed by atoms with E-state index < -0.39 is 0 Å². The van der Waals surface area contributed by atoms with E-state index in [0.717, 1.165) is 16.9 Å². The van der Waals surface area contributed by atoms with Crippen LogP contribution in [0.5, 0.6) is 0 Å². The monoisotopic (exact) mass is 319 g/mol. The Morgan fingerprint density at radius 3 is 3.00 bits per heavy atom. The Morgan fingerprint density at radius 2 is 2.29 bits per heavy atom. The van der Waals surface area contributed by atoms with Gasteiger partial charge in [0.1, 0.15) is 0 Å². The van der Waals surface area contributed by atoms with Crippen molar-refractivity contribution >= 4 is 34.5 Å². The third-order valence-corrected chi connectivity index (χ3v) is 3.72. The van der Waals surface area contributed by atoms with Crippen LogP contribution in [-0.2, 0) is 6.54 Å². The average Bonchev–Trinajstić information content (AvgIpc) is 3.11. The van der Waals surface area contributed by atoms with Crippen molar-refractivity contribution in [2.24, 2.45) is 0 Å². The van der Waals surface area contributed by atoms with Crippen LogP contribution in [0.3, 0.4) is 0 Å². The highest BCUT2D eigenvalue weighted by atomic mass is 35.5. The highest BCUT2D eigenvalue weighted by molar-refractivity contribution is 7.17.